The fourth-order valence-electron chi connectivity index (χ4n) is 8.60. The fraction of sp³-hybridized carbons (Fsp3) is 0.500. The molecule has 2 aromatic heterocycles. The molecule has 2 fully saturated rings. The first-order chi connectivity index (χ1) is 32.0. The van der Waals surface area contributed by atoms with Crippen molar-refractivity contribution in [1.29, 1.82) is 0 Å². The van der Waals surface area contributed by atoms with Crippen molar-refractivity contribution in [3.63, 3.8) is 0 Å². The lowest BCUT2D eigenvalue weighted by Crippen LogP contribution is -2.40. The summed E-state index contributed by atoms with van der Waals surface area (Å²) in [4.78, 5) is 58.8. The molecule has 6 atom stereocenters. The van der Waals surface area contributed by atoms with Gasteiger partial charge >= 0.3 is 11.9 Å². The summed E-state index contributed by atoms with van der Waals surface area (Å²) >= 11 is 6.39. The molecule has 2 saturated carbocycles. The van der Waals surface area contributed by atoms with Crippen LogP contribution in [0.3, 0.4) is 0 Å². The zero-order valence-corrected chi connectivity index (χ0v) is 40.5. The van der Waals surface area contributed by atoms with Crippen molar-refractivity contribution in [2.75, 3.05) is 14.2 Å². The van der Waals surface area contributed by atoms with E-state index in [4.69, 9.17) is 40.0 Å². The predicted octanol–water partition coefficient (Wildman–Crippen LogP) is 10.4. The zero-order chi connectivity index (χ0) is 48.8. The Morgan fingerprint density at radius 2 is 1.03 bits per heavy atom. The molecular weight excluding hydrogens is 880 g/mol. The predicted molar refractivity (Wildman–Crippen MR) is 252 cm³/mol. The average molecular weight is 946 g/mol. The van der Waals surface area contributed by atoms with Gasteiger partial charge in [-0.2, -0.15) is 0 Å². The molecule has 0 spiro atoms. The molecule has 362 valence electrons. The number of pyridine rings is 2. The van der Waals surface area contributed by atoms with E-state index in [1.54, 1.807) is 13.8 Å². The first kappa shape index (κ1) is 52.1. The number of nitrogens with zero attached hydrogens (tertiary/aromatic N) is 2. The van der Waals surface area contributed by atoms with Gasteiger partial charge in [-0.05, 0) is 95.0 Å². The van der Waals surface area contributed by atoms with Gasteiger partial charge in [-0.3, -0.25) is 19.2 Å². The number of aromatic nitrogens is 2. The van der Waals surface area contributed by atoms with Crippen molar-refractivity contribution in [1.82, 2.24) is 9.97 Å². The maximum absolute atomic E-state index is 12.8. The molecule has 15 heteroatoms. The van der Waals surface area contributed by atoms with Crippen LogP contribution in [0.25, 0.3) is 0 Å². The highest BCUT2D eigenvalue weighted by atomic mass is 35.5. The van der Waals surface area contributed by atoms with Crippen LogP contribution in [-0.2, 0) is 19.1 Å². The number of benzene rings is 2. The van der Waals surface area contributed by atoms with Gasteiger partial charge in [-0.1, -0.05) is 74.9 Å². The number of carbonyl (C=O) groups is 4. The number of aryl methyl sites for hydroxylation is 2. The molecule has 2 heterocycles. The Morgan fingerprint density at radius 3 is 1.45 bits per heavy atom. The summed E-state index contributed by atoms with van der Waals surface area (Å²) in [7, 11) is 2.78. The van der Waals surface area contributed by atoms with Crippen LogP contribution in [0.15, 0.2) is 67.0 Å². The molecule has 0 saturated heterocycles. The number of carbonyl (C=O) groups excluding carboxylic acids is 4. The molecule has 2 aliphatic rings. The van der Waals surface area contributed by atoms with Crippen LogP contribution >= 0.6 is 11.6 Å². The molecular formula is C52H65ClN2O12. The monoisotopic (exact) mass is 944 g/mol. The van der Waals surface area contributed by atoms with Gasteiger partial charge in [0.15, 0.2) is 46.0 Å². The summed E-state index contributed by atoms with van der Waals surface area (Å²) in [6.45, 7) is 10.9. The number of hydrogen-bond donors (Lipinski definition) is 2. The van der Waals surface area contributed by atoms with Crippen molar-refractivity contribution < 1.29 is 57.8 Å². The van der Waals surface area contributed by atoms with Gasteiger partial charge < -0.3 is 38.6 Å². The van der Waals surface area contributed by atoms with Crippen molar-refractivity contribution in [2.45, 2.75) is 130 Å². The van der Waals surface area contributed by atoms with Gasteiger partial charge in [-0.25, -0.2) is 9.97 Å². The van der Waals surface area contributed by atoms with Crippen LogP contribution in [0.1, 0.15) is 124 Å². The maximum atomic E-state index is 12.8. The Balaban J connectivity index is 0.000000251. The molecule has 0 bridgehead atoms. The van der Waals surface area contributed by atoms with Crippen molar-refractivity contribution in [2.24, 2.45) is 23.7 Å². The van der Waals surface area contributed by atoms with Gasteiger partial charge in [0.1, 0.15) is 35.9 Å². The third kappa shape index (κ3) is 14.3. The van der Waals surface area contributed by atoms with Crippen molar-refractivity contribution >= 4 is 35.1 Å². The number of ether oxygens (including phenoxy) is 6. The van der Waals surface area contributed by atoms with Crippen LogP contribution in [0, 0.1) is 37.5 Å². The Kier molecular flexibility index (Phi) is 19.2. The van der Waals surface area contributed by atoms with Gasteiger partial charge in [0.2, 0.25) is 0 Å². The number of halogens is 1. The van der Waals surface area contributed by atoms with Crippen LogP contribution in [0.2, 0.25) is 5.02 Å². The molecule has 0 radical (unpaired) electrons. The second-order valence-corrected chi connectivity index (χ2v) is 18.2. The molecule has 2 aromatic carbocycles. The molecule has 2 N–H and O–H groups in total. The highest BCUT2D eigenvalue weighted by Gasteiger charge is 2.37. The smallest absolute Gasteiger partial charge is 0.309 e. The van der Waals surface area contributed by atoms with Gasteiger partial charge in [-0.15, -0.1) is 0 Å². The van der Waals surface area contributed by atoms with E-state index >= 15 is 0 Å². The first-order valence-electron chi connectivity index (χ1n) is 23.1. The summed E-state index contributed by atoms with van der Waals surface area (Å²) in [5.74, 6) is -1.82. The minimum absolute atomic E-state index is 0.117. The van der Waals surface area contributed by atoms with E-state index in [0.717, 1.165) is 68.2 Å². The number of esters is 2. The summed E-state index contributed by atoms with van der Waals surface area (Å²) in [6, 6.07) is 16.4. The third-order valence-corrected chi connectivity index (χ3v) is 12.7. The minimum Gasteiger partial charge on any atom is -0.503 e. The average Bonchev–Trinajstić information content (AvgIpc) is 4.05. The van der Waals surface area contributed by atoms with Gasteiger partial charge in [0, 0.05) is 37.4 Å². The van der Waals surface area contributed by atoms with Crippen LogP contribution < -0.4 is 18.9 Å². The molecule has 67 heavy (non-hydrogen) atoms. The SMILES string of the molecule is COc1ccnc(C(=O)C[C@@H](C)C(=O)O[C@@H](C)[C@H](Oc2ccc(C)cc2)C2CCCC2)c1O.COc1ccnc(C(=O)C[C@@H](C)C(=O)O[C@@H](C)[C@H](Oc2ccc(C)cc2Cl)C2CCCC2)c1O. The topological polar surface area (TPSA) is 190 Å². The highest BCUT2D eigenvalue weighted by Crippen LogP contribution is 2.37. The maximum Gasteiger partial charge on any atom is 0.309 e. The Morgan fingerprint density at radius 1 is 0.612 bits per heavy atom. The van der Waals surface area contributed by atoms with Gasteiger partial charge in [0.05, 0.1) is 31.1 Å². The van der Waals surface area contributed by atoms with Crippen LogP contribution in [0.5, 0.6) is 34.5 Å². The highest BCUT2D eigenvalue weighted by molar-refractivity contribution is 6.32. The number of methoxy groups -OCH3 is 2. The van der Waals surface area contributed by atoms with Crippen LogP contribution in [-0.4, -0.2) is 82.3 Å². The van der Waals surface area contributed by atoms with E-state index in [1.165, 1.54) is 38.7 Å². The van der Waals surface area contributed by atoms with E-state index in [2.05, 4.69) is 9.97 Å². The Hall–Kier alpha value is -5.89. The fourth-order valence-corrected chi connectivity index (χ4v) is 8.88. The Bertz CT molecular complexity index is 2290. The lowest BCUT2D eigenvalue weighted by molar-refractivity contribution is -0.159. The summed E-state index contributed by atoms with van der Waals surface area (Å²) in [6.07, 6.45) is 9.40. The quantitative estimate of drug-likeness (QED) is 0.0628. The Labute approximate surface area is 398 Å². The minimum atomic E-state index is -0.727. The summed E-state index contributed by atoms with van der Waals surface area (Å²) in [5, 5.41) is 20.9. The molecule has 4 aromatic rings. The van der Waals surface area contributed by atoms with E-state index in [0.29, 0.717) is 16.7 Å². The number of rotatable bonds is 20. The standard InChI is InChI=1S/C26H32ClNO6.C26H33NO6/c1-15-9-10-21(19(27)13-15)34-25(18-7-5-6-8-18)17(3)33-26(31)16(2)14-20(29)23-24(30)22(32-4)11-12-28-23;1-16-9-11-20(12-10-16)33-25(19-7-5-6-8-19)18(3)32-26(30)17(2)15-21(28)23-24(29)22(31-4)13-14-27-23/h9-13,16-18,25,30H,5-8,14H2,1-4H3;9-14,17-19,25,29H,5-8,15H2,1-4H3/t16-,17+,25+;17-,18+,25+/m11/s1. The molecule has 0 amide bonds. The molecule has 0 aliphatic heterocycles. The molecule has 14 nitrogen and oxygen atoms in total. The summed E-state index contributed by atoms with van der Waals surface area (Å²) in [5.41, 5.74) is 1.93. The number of hydrogen-bond acceptors (Lipinski definition) is 14. The molecule has 6 rings (SSSR count). The number of ketones is 2. The summed E-state index contributed by atoms with van der Waals surface area (Å²) < 4.78 is 34.2. The van der Waals surface area contributed by atoms with E-state index in [1.807, 2.05) is 70.2 Å². The largest absolute Gasteiger partial charge is 0.503 e. The second kappa shape index (κ2) is 24.8. The normalized spacial score (nSPS) is 16.6. The van der Waals surface area contributed by atoms with Crippen LogP contribution in [0.4, 0.5) is 0 Å². The van der Waals surface area contributed by atoms with Gasteiger partial charge in [0.25, 0.3) is 0 Å². The second-order valence-electron chi connectivity index (χ2n) is 17.8. The van der Waals surface area contributed by atoms with E-state index in [-0.39, 0.29) is 65.4 Å². The van der Waals surface area contributed by atoms with Crippen molar-refractivity contribution in [3.8, 4) is 34.5 Å². The third-order valence-electron chi connectivity index (χ3n) is 12.4. The first-order valence-corrected chi connectivity index (χ1v) is 23.5. The molecule has 0 unspecified atom stereocenters. The lowest BCUT2D eigenvalue weighted by Gasteiger charge is -2.30. The van der Waals surface area contributed by atoms with Crippen molar-refractivity contribution in [3.05, 3.63) is 94.5 Å². The lowest BCUT2D eigenvalue weighted by atomic mass is 9.96. The van der Waals surface area contributed by atoms with E-state index < -0.39 is 47.5 Å². The van der Waals surface area contributed by atoms with E-state index in [9.17, 15) is 29.4 Å². The number of Topliss-reactive ketones (excluding diaryl/α,β-unsaturated/α-hetero) is 2. The molecule has 2 aliphatic carbocycles. The zero-order valence-electron chi connectivity index (χ0n) is 39.8. The number of aromatic hydroxyl groups is 2.